The van der Waals surface area contributed by atoms with Gasteiger partial charge in [-0.3, -0.25) is 14.9 Å². The smallest absolute Gasteiger partial charge is 0.293 e. The Kier molecular flexibility index (Phi) is 5.07. The molecule has 0 aromatic heterocycles. The summed E-state index contributed by atoms with van der Waals surface area (Å²) in [7, 11) is 1.59. The van der Waals surface area contributed by atoms with Crippen molar-refractivity contribution in [3.8, 4) is 0 Å². The number of amides is 1. The lowest BCUT2D eigenvalue weighted by atomic mass is 10.1. The molecule has 1 amide bonds. The summed E-state index contributed by atoms with van der Waals surface area (Å²) in [5.41, 5.74) is 0.459. The minimum atomic E-state index is -0.527. The predicted molar refractivity (Wildman–Crippen MR) is 75.5 cm³/mol. The number of carbonyl (C=O) groups is 1. The van der Waals surface area contributed by atoms with Gasteiger partial charge in [-0.1, -0.05) is 0 Å². The van der Waals surface area contributed by atoms with Gasteiger partial charge in [0.2, 0.25) is 0 Å². The zero-order valence-corrected chi connectivity index (χ0v) is 11.6. The molecule has 1 fully saturated rings. The van der Waals surface area contributed by atoms with Crippen LogP contribution in [0.1, 0.15) is 10.4 Å². The van der Waals surface area contributed by atoms with Crippen LogP contribution in [0, 0.1) is 10.1 Å². The molecule has 0 radical (unpaired) electrons. The Balaban J connectivity index is 2.01. The summed E-state index contributed by atoms with van der Waals surface area (Å²) in [6.45, 7) is 1.80. The molecule has 1 aliphatic rings. The number of rotatable bonds is 5. The van der Waals surface area contributed by atoms with Crippen LogP contribution in [0.15, 0.2) is 18.2 Å². The quantitative estimate of drug-likeness (QED) is 0.614. The Hall–Kier alpha value is -2.19. The van der Waals surface area contributed by atoms with Crippen LogP contribution in [0.2, 0.25) is 0 Å². The first-order chi connectivity index (χ1) is 10.1. The number of anilines is 1. The van der Waals surface area contributed by atoms with Gasteiger partial charge in [0, 0.05) is 25.2 Å². The largest absolute Gasteiger partial charge is 0.383 e. The van der Waals surface area contributed by atoms with Crippen LogP contribution in [0.5, 0.6) is 0 Å². The van der Waals surface area contributed by atoms with Crippen molar-refractivity contribution in [1.82, 2.24) is 5.32 Å². The number of nitrogens with one attached hydrogen (secondary N) is 2. The molecule has 8 heteroatoms. The molecule has 114 valence electrons. The Labute approximate surface area is 121 Å². The Bertz CT molecular complexity index is 529. The molecule has 1 aromatic rings. The van der Waals surface area contributed by atoms with Crippen molar-refractivity contribution < 1.29 is 19.2 Å². The second-order valence-electron chi connectivity index (χ2n) is 4.52. The molecule has 8 nitrogen and oxygen atoms in total. The van der Waals surface area contributed by atoms with Crippen molar-refractivity contribution in [3.05, 3.63) is 33.9 Å². The summed E-state index contributed by atoms with van der Waals surface area (Å²) in [6, 6.07) is 4.29. The van der Waals surface area contributed by atoms with Crippen LogP contribution in [-0.4, -0.2) is 50.3 Å². The van der Waals surface area contributed by atoms with E-state index in [1.165, 1.54) is 18.2 Å². The second kappa shape index (κ2) is 7.00. The zero-order valence-electron chi connectivity index (χ0n) is 11.6. The molecule has 0 aliphatic carbocycles. The maximum Gasteiger partial charge on any atom is 0.293 e. The van der Waals surface area contributed by atoms with E-state index in [1.807, 2.05) is 0 Å². The Morgan fingerprint density at radius 2 is 2.29 bits per heavy atom. The van der Waals surface area contributed by atoms with E-state index in [9.17, 15) is 14.9 Å². The minimum absolute atomic E-state index is 0.137. The van der Waals surface area contributed by atoms with Crippen LogP contribution in [-0.2, 0) is 9.47 Å². The summed E-state index contributed by atoms with van der Waals surface area (Å²) in [4.78, 5) is 22.4. The number of ether oxygens (including phenoxy) is 2. The van der Waals surface area contributed by atoms with Gasteiger partial charge in [0.15, 0.2) is 0 Å². The van der Waals surface area contributed by atoms with Crippen LogP contribution >= 0.6 is 0 Å². The molecule has 1 unspecified atom stereocenters. The van der Waals surface area contributed by atoms with E-state index in [1.54, 1.807) is 7.05 Å². The van der Waals surface area contributed by atoms with E-state index >= 15 is 0 Å². The van der Waals surface area contributed by atoms with Crippen molar-refractivity contribution in [2.45, 2.75) is 6.10 Å². The number of carbonyl (C=O) groups excluding carboxylic acids is 1. The van der Waals surface area contributed by atoms with Gasteiger partial charge < -0.3 is 20.1 Å². The molecule has 2 rings (SSSR count). The Morgan fingerprint density at radius 1 is 1.48 bits per heavy atom. The zero-order chi connectivity index (χ0) is 15.2. The summed E-state index contributed by atoms with van der Waals surface area (Å²) in [5.74, 6) is -0.380. The number of benzene rings is 1. The van der Waals surface area contributed by atoms with Crippen LogP contribution < -0.4 is 10.6 Å². The molecule has 1 aromatic carbocycles. The van der Waals surface area contributed by atoms with E-state index in [-0.39, 0.29) is 23.3 Å². The third-order valence-electron chi connectivity index (χ3n) is 3.10. The molecule has 21 heavy (non-hydrogen) atoms. The molecule has 1 heterocycles. The fraction of sp³-hybridized carbons (Fsp3) is 0.462. The minimum Gasteiger partial charge on any atom is -0.383 e. The molecule has 0 bridgehead atoms. The maximum atomic E-state index is 12.0. The lowest BCUT2D eigenvalue weighted by Crippen LogP contribution is -2.39. The average Bonchev–Trinajstić information content (AvgIpc) is 2.52. The number of nitrogens with zero attached hydrogens (tertiary/aromatic N) is 1. The van der Waals surface area contributed by atoms with E-state index in [0.717, 1.165) is 0 Å². The van der Waals surface area contributed by atoms with Gasteiger partial charge in [-0.25, -0.2) is 0 Å². The number of hydrogen-bond acceptors (Lipinski definition) is 6. The lowest BCUT2D eigenvalue weighted by molar-refractivity contribution is -0.384. The van der Waals surface area contributed by atoms with Crippen molar-refractivity contribution in [2.24, 2.45) is 0 Å². The van der Waals surface area contributed by atoms with Gasteiger partial charge in [-0.05, 0) is 12.1 Å². The molecular weight excluding hydrogens is 278 g/mol. The van der Waals surface area contributed by atoms with Crippen LogP contribution in [0.3, 0.4) is 0 Å². The highest BCUT2D eigenvalue weighted by Gasteiger charge is 2.19. The monoisotopic (exact) mass is 295 g/mol. The van der Waals surface area contributed by atoms with Crippen LogP contribution in [0.25, 0.3) is 0 Å². The maximum absolute atomic E-state index is 12.0. The summed E-state index contributed by atoms with van der Waals surface area (Å²) in [5, 5.41) is 16.4. The molecular formula is C13H17N3O5. The molecule has 0 spiro atoms. The van der Waals surface area contributed by atoms with Crippen LogP contribution in [0.4, 0.5) is 11.4 Å². The highest BCUT2D eigenvalue weighted by atomic mass is 16.6. The fourth-order valence-electron chi connectivity index (χ4n) is 2.00. The molecule has 2 N–H and O–H groups in total. The first-order valence-electron chi connectivity index (χ1n) is 6.55. The van der Waals surface area contributed by atoms with Crippen molar-refractivity contribution in [2.75, 3.05) is 38.7 Å². The number of hydrogen-bond donors (Lipinski definition) is 2. The van der Waals surface area contributed by atoms with Crippen molar-refractivity contribution >= 4 is 17.3 Å². The fourth-order valence-corrected chi connectivity index (χ4v) is 2.00. The van der Waals surface area contributed by atoms with Gasteiger partial charge >= 0.3 is 0 Å². The van der Waals surface area contributed by atoms with Crippen molar-refractivity contribution in [1.29, 1.82) is 0 Å². The molecule has 1 saturated heterocycles. The van der Waals surface area contributed by atoms with E-state index in [0.29, 0.717) is 32.1 Å². The normalized spacial score (nSPS) is 18.0. The van der Waals surface area contributed by atoms with Gasteiger partial charge in [0.05, 0.1) is 30.8 Å². The standard InChI is InChI=1S/C13H17N3O5/c1-14-11-3-2-9(6-12(11)16(18)19)13(17)15-7-10-8-20-4-5-21-10/h2-3,6,10,14H,4-5,7-8H2,1H3,(H,15,17). The van der Waals surface area contributed by atoms with Gasteiger partial charge in [0.25, 0.3) is 11.6 Å². The molecule has 1 aliphatic heterocycles. The van der Waals surface area contributed by atoms with E-state index < -0.39 is 4.92 Å². The molecule has 1 atom stereocenters. The van der Waals surface area contributed by atoms with Gasteiger partial charge in [-0.2, -0.15) is 0 Å². The first kappa shape index (κ1) is 15.2. The Morgan fingerprint density at radius 3 is 2.90 bits per heavy atom. The topological polar surface area (TPSA) is 103 Å². The second-order valence-corrected chi connectivity index (χ2v) is 4.52. The third-order valence-corrected chi connectivity index (χ3v) is 3.10. The lowest BCUT2D eigenvalue weighted by Gasteiger charge is -2.23. The summed E-state index contributed by atoms with van der Waals surface area (Å²) < 4.78 is 10.6. The first-order valence-corrected chi connectivity index (χ1v) is 6.55. The van der Waals surface area contributed by atoms with Crippen molar-refractivity contribution in [3.63, 3.8) is 0 Å². The average molecular weight is 295 g/mol. The summed E-state index contributed by atoms with van der Waals surface area (Å²) >= 11 is 0. The van der Waals surface area contributed by atoms with Gasteiger partial charge in [0.1, 0.15) is 5.69 Å². The highest BCUT2D eigenvalue weighted by molar-refractivity contribution is 5.95. The van der Waals surface area contributed by atoms with E-state index in [2.05, 4.69) is 10.6 Å². The number of nitro benzene ring substituents is 1. The number of nitro groups is 1. The third kappa shape index (κ3) is 3.89. The van der Waals surface area contributed by atoms with E-state index in [4.69, 9.17) is 9.47 Å². The SMILES string of the molecule is CNc1ccc(C(=O)NCC2COCCO2)cc1[N+](=O)[O-]. The highest BCUT2D eigenvalue weighted by Crippen LogP contribution is 2.24. The predicted octanol–water partition coefficient (Wildman–Crippen LogP) is 0.782. The van der Waals surface area contributed by atoms with Gasteiger partial charge in [-0.15, -0.1) is 0 Å². The molecule has 0 saturated carbocycles. The summed E-state index contributed by atoms with van der Waals surface area (Å²) in [6.07, 6.45) is -0.186.